The molecule has 2 rings (SSSR count). The van der Waals surface area contributed by atoms with Gasteiger partial charge in [-0.25, -0.2) is 0 Å². The summed E-state index contributed by atoms with van der Waals surface area (Å²) in [5.74, 6) is -0.678. The Balaban J connectivity index is 1.83. The van der Waals surface area contributed by atoms with E-state index in [0.29, 0.717) is 26.1 Å². The molecule has 0 radical (unpaired) electrons. The van der Waals surface area contributed by atoms with Gasteiger partial charge >= 0.3 is 5.97 Å². The third-order valence-corrected chi connectivity index (χ3v) is 4.40. The van der Waals surface area contributed by atoms with Crippen LogP contribution in [0.15, 0.2) is 0 Å². The fraction of sp³-hybridized carbons (Fsp3) is 0.857. The van der Waals surface area contributed by atoms with Crippen molar-refractivity contribution in [2.45, 2.75) is 44.1 Å². The van der Waals surface area contributed by atoms with Crippen molar-refractivity contribution in [2.75, 3.05) is 32.7 Å². The molecule has 1 saturated carbocycles. The van der Waals surface area contributed by atoms with Gasteiger partial charge in [-0.05, 0) is 19.3 Å². The molecule has 6 heteroatoms. The summed E-state index contributed by atoms with van der Waals surface area (Å²) in [6.45, 7) is 2.76. The lowest BCUT2D eigenvalue weighted by Crippen LogP contribution is -2.44. The summed E-state index contributed by atoms with van der Waals surface area (Å²) >= 11 is 0. The maximum absolute atomic E-state index is 12.4. The molecule has 1 amide bonds. The summed E-state index contributed by atoms with van der Waals surface area (Å²) in [6.07, 6.45) is 5.39. The van der Waals surface area contributed by atoms with Crippen LogP contribution >= 0.6 is 0 Å². The van der Waals surface area contributed by atoms with Crippen LogP contribution in [0.3, 0.4) is 0 Å². The lowest BCUT2D eigenvalue weighted by molar-refractivity contribution is -0.138. The zero-order valence-electron chi connectivity index (χ0n) is 12.0. The van der Waals surface area contributed by atoms with E-state index in [1.54, 1.807) is 0 Å². The molecule has 3 N–H and O–H groups in total. The van der Waals surface area contributed by atoms with E-state index in [0.717, 1.165) is 38.6 Å². The van der Waals surface area contributed by atoms with Gasteiger partial charge in [0.1, 0.15) is 0 Å². The lowest BCUT2D eigenvalue weighted by Gasteiger charge is -2.28. The van der Waals surface area contributed by atoms with Gasteiger partial charge in [0.25, 0.3) is 0 Å². The minimum atomic E-state index is -0.809. The number of nitrogens with zero attached hydrogens (tertiary/aromatic N) is 2. The van der Waals surface area contributed by atoms with E-state index in [1.165, 1.54) is 0 Å². The van der Waals surface area contributed by atoms with Gasteiger partial charge in [0.2, 0.25) is 5.91 Å². The van der Waals surface area contributed by atoms with Gasteiger partial charge in [0.05, 0.1) is 6.54 Å². The van der Waals surface area contributed by atoms with Gasteiger partial charge < -0.3 is 15.7 Å². The zero-order chi connectivity index (χ0) is 14.6. The number of carboxylic acid groups (broad SMARTS) is 1. The second-order valence-corrected chi connectivity index (χ2v) is 6.15. The van der Waals surface area contributed by atoms with Crippen molar-refractivity contribution in [2.24, 2.45) is 5.73 Å². The molecule has 0 unspecified atom stereocenters. The Morgan fingerprint density at radius 2 is 1.75 bits per heavy atom. The molecule has 0 bridgehead atoms. The monoisotopic (exact) mass is 283 g/mol. The molecule has 0 aromatic rings. The molecule has 1 heterocycles. The Morgan fingerprint density at radius 1 is 1.05 bits per heavy atom. The van der Waals surface area contributed by atoms with Gasteiger partial charge in [-0.1, -0.05) is 12.8 Å². The topological polar surface area (TPSA) is 86.9 Å². The van der Waals surface area contributed by atoms with E-state index < -0.39 is 5.97 Å². The summed E-state index contributed by atoms with van der Waals surface area (Å²) in [6, 6.07) is 0. The van der Waals surface area contributed by atoms with E-state index in [2.05, 4.69) is 0 Å². The minimum Gasteiger partial charge on any atom is -0.480 e. The number of carbonyl (C=O) groups is 2. The third-order valence-electron chi connectivity index (χ3n) is 4.40. The number of aliphatic carboxylic acids is 1. The van der Waals surface area contributed by atoms with Crippen molar-refractivity contribution >= 4 is 11.9 Å². The van der Waals surface area contributed by atoms with Gasteiger partial charge in [-0.15, -0.1) is 0 Å². The van der Waals surface area contributed by atoms with Crippen molar-refractivity contribution in [3.8, 4) is 0 Å². The number of carbonyl (C=O) groups excluding carboxylic acids is 1. The van der Waals surface area contributed by atoms with Gasteiger partial charge in [-0.3, -0.25) is 14.5 Å². The second kappa shape index (κ2) is 6.54. The van der Waals surface area contributed by atoms with Gasteiger partial charge in [-0.2, -0.15) is 0 Å². The number of hydrogen-bond acceptors (Lipinski definition) is 4. The highest BCUT2D eigenvalue weighted by molar-refractivity contribution is 5.77. The van der Waals surface area contributed by atoms with Crippen LogP contribution < -0.4 is 5.73 Å². The Labute approximate surface area is 119 Å². The number of nitrogens with two attached hydrogens (primary N) is 1. The molecule has 114 valence electrons. The number of hydrogen-bond donors (Lipinski definition) is 2. The molecule has 1 aliphatic carbocycles. The second-order valence-electron chi connectivity index (χ2n) is 6.15. The first-order valence-corrected chi connectivity index (χ1v) is 7.49. The molecule has 20 heavy (non-hydrogen) atoms. The molecule has 0 atom stereocenters. The van der Waals surface area contributed by atoms with Gasteiger partial charge in [0, 0.05) is 38.1 Å². The van der Waals surface area contributed by atoms with E-state index in [-0.39, 0.29) is 18.0 Å². The molecule has 1 aliphatic heterocycles. The van der Waals surface area contributed by atoms with Crippen LogP contribution in [0, 0.1) is 0 Å². The summed E-state index contributed by atoms with van der Waals surface area (Å²) in [7, 11) is 0. The van der Waals surface area contributed by atoms with Crippen molar-refractivity contribution in [3.05, 3.63) is 0 Å². The summed E-state index contributed by atoms with van der Waals surface area (Å²) in [4.78, 5) is 26.8. The van der Waals surface area contributed by atoms with Crippen LogP contribution in [0.5, 0.6) is 0 Å². The Morgan fingerprint density at radius 3 is 2.40 bits per heavy atom. The number of carboxylic acids is 1. The third kappa shape index (κ3) is 4.18. The molecule has 0 spiro atoms. The Hall–Kier alpha value is -1.14. The van der Waals surface area contributed by atoms with Crippen molar-refractivity contribution in [3.63, 3.8) is 0 Å². The summed E-state index contributed by atoms with van der Waals surface area (Å²) in [5.41, 5.74) is 5.96. The van der Waals surface area contributed by atoms with Crippen LogP contribution in [0.2, 0.25) is 0 Å². The van der Waals surface area contributed by atoms with E-state index in [9.17, 15) is 9.59 Å². The SMILES string of the molecule is NC1(CC(=O)N2CCCN(CC(=O)O)CC2)CCCC1. The van der Waals surface area contributed by atoms with Crippen molar-refractivity contribution < 1.29 is 14.7 Å². The molecule has 2 aliphatic rings. The van der Waals surface area contributed by atoms with Crippen LogP contribution in [-0.2, 0) is 9.59 Å². The van der Waals surface area contributed by atoms with Crippen LogP contribution in [-0.4, -0.2) is 65.0 Å². The smallest absolute Gasteiger partial charge is 0.317 e. The molecule has 6 nitrogen and oxygen atoms in total. The predicted molar refractivity (Wildman–Crippen MR) is 75.3 cm³/mol. The fourth-order valence-corrected chi connectivity index (χ4v) is 3.24. The Bertz CT molecular complexity index is 367. The van der Waals surface area contributed by atoms with Gasteiger partial charge in [0.15, 0.2) is 0 Å². The van der Waals surface area contributed by atoms with E-state index >= 15 is 0 Å². The number of amides is 1. The Kier molecular flexibility index (Phi) is 4.99. The van der Waals surface area contributed by atoms with Crippen molar-refractivity contribution in [1.29, 1.82) is 0 Å². The maximum atomic E-state index is 12.4. The molecule has 0 aromatic carbocycles. The van der Waals surface area contributed by atoms with Crippen LogP contribution in [0.4, 0.5) is 0 Å². The van der Waals surface area contributed by atoms with E-state index in [4.69, 9.17) is 10.8 Å². The van der Waals surface area contributed by atoms with Crippen molar-refractivity contribution in [1.82, 2.24) is 9.80 Å². The first-order valence-electron chi connectivity index (χ1n) is 7.49. The predicted octanol–water partition coefficient (Wildman–Crippen LogP) is 0.267. The largest absolute Gasteiger partial charge is 0.480 e. The summed E-state index contributed by atoms with van der Waals surface area (Å²) < 4.78 is 0. The van der Waals surface area contributed by atoms with Crippen LogP contribution in [0.1, 0.15) is 38.5 Å². The van der Waals surface area contributed by atoms with E-state index in [1.807, 2.05) is 9.80 Å². The minimum absolute atomic E-state index is 0.0584. The lowest BCUT2D eigenvalue weighted by atomic mass is 9.94. The standard InChI is InChI=1S/C14H25N3O3/c15-14(4-1-2-5-14)10-12(18)17-7-3-6-16(8-9-17)11-13(19)20/h1-11,15H2,(H,19,20). The molecular formula is C14H25N3O3. The quantitative estimate of drug-likeness (QED) is 0.773. The maximum Gasteiger partial charge on any atom is 0.317 e. The highest BCUT2D eigenvalue weighted by Gasteiger charge is 2.33. The molecular weight excluding hydrogens is 258 g/mol. The molecule has 0 aromatic heterocycles. The fourth-order valence-electron chi connectivity index (χ4n) is 3.24. The molecule has 1 saturated heterocycles. The zero-order valence-corrected chi connectivity index (χ0v) is 12.0. The van der Waals surface area contributed by atoms with Crippen LogP contribution in [0.25, 0.3) is 0 Å². The normalized spacial score (nSPS) is 23.6. The molecule has 2 fully saturated rings. The number of rotatable bonds is 4. The highest BCUT2D eigenvalue weighted by atomic mass is 16.4. The first kappa shape index (κ1) is 15.3. The summed E-state index contributed by atoms with van der Waals surface area (Å²) in [5, 5.41) is 8.82. The highest BCUT2D eigenvalue weighted by Crippen LogP contribution is 2.30. The average Bonchev–Trinajstić information content (AvgIpc) is 2.65. The average molecular weight is 283 g/mol. The first-order chi connectivity index (χ1) is 9.48.